The van der Waals surface area contributed by atoms with Gasteiger partial charge in [-0.2, -0.15) is 0 Å². The van der Waals surface area contributed by atoms with Gasteiger partial charge in [0, 0.05) is 0 Å². The molecule has 0 amide bonds. The highest BCUT2D eigenvalue weighted by Gasteiger charge is 2.19. The van der Waals surface area contributed by atoms with Gasteiger partial charge in [-0.15, -0.1) is 0 Å². The lowest BCUT2D eigenvalue weighted by molar-refractivity contribution is -0.670. The van der Waals surface area contributed by atoms with E-state index in [2.05, 4.69) is 41.6 Å². The Bertz CT molecular complexity index is 742. The molecule has 0 aliphatic rings. The molecule has 0 spiro atoms. The molecule has 108 valence electrons. The van der Waals surface area contributed by atoms with Crippen molar-refractivity contribution in [2.75, 3.05) is 0 Å². The standard InChI is InChI=1S/C18H19FN2/c1-13(2)11-18-20-16-5-3-4-6-17(16)21(18)12-14-7-9-15(19)10-8-14/h3-10,13H,11-12H2,1-2H3/p+1. The Morgan fingerprint density at radius 1 is 1.05 bits per heavy atom. The zero-order valence-electron chi connectivity index (χ0n) is 12.4. The predicted octanol–water partition coefficient (Wildman–Crippen LogP) is 3.84. The van der Waals surface area contributed by atoms with Crippen LogP contribution in [0.4, 0.5) is 4.39 Å². The van der Waals surface area contributed by atoms with E-state index in [0.29, 0.717) is 5.92 Å². The van der Waals surface area contributed by atoms with E-state index in [9.17, 15) is 4.39 Å². The number of aromatic amines is 1. The highest BCUT2D eigenvalue weighted by molar-refractivity contribution is 5.71. The summed E-state index contributed by atoms with van der Waals surface area (Å²) in [5.74, 6) is 1.61. The molecule has 3 rings (SSSR count). The molecule has 3 aromatic rings. The first-order valence-corrected chi connectivity index (χ1v) is 7.37. The molecule has 0 aliphatic carbocycles. The fourth-order valence-corrected chi connectivity index (χ4v) is 2.68. The second-order valence-electron chi connectivity index (χ2n) is 5.90. The van der Waals surface area contributed by atoms with Crippen LogP contribution < -0.4 is 4.57 Å². The maximum atomic E-state index is 13.1. The van der Waals surface area contributed by atoms with Gasteiger partial charge >= 0.3 is 0 Å². The molecule has 3 heteroatoms. The number of imidazole rings is 1. The van der Waals surface area contributed by atoms with Gasteiger partial charge in [0.15, 0.2) is 11.0 Å². The van der Waals surface area contributed by atoms with E-state index in [1.807, 2.05) is 18.2 Å². The summed E-state index contributed by atoms with van der Waals surface area (Å²) in [4.78, 5) is 3.52. The summed E-state index contributed by atoms with van der Waals surface area (Å²) in [5, 5.41) is 0. The first kappa shape index (κ1) is 13.8. The van der Waals surface area contributed by atoms with Crippen molar-refractivity contribution in [1.82, 2.24) is 4.98 Å². The minimum atomic E-state index is -0.190. The van der Waals surface area contributed by atoms with Crippen LogP contribution in [0.25, 0.3) is 11.0 Å². The van der Waals surface area contributed by atoms with Crippen LogP contribution in [0.3, 0.4) is 0 Å². The van der Waals surface area contributed by atoms with Crippen molar-refractivity contribution in [2.45, 2.75) is 26.8 Å². The zero-order valence-corrected chi connectivity index (χ0v) is 12.4. The van der Waals surface area contributed by atoms with Crippen LogP contribution in [0.1, 0.15) is 25.2 Å². The van der Waals surface area contributed by atoms with Gasteiger partial charge in [-0.05, 0) is 35.7 Å². The number of nitrogens with zero attached hydrogens (tertiary/aromatic N) is 1. The number of hydrogen-bond donors (Lipinski definition) is 1. The molecule has 21 heavy (non-hydrogen) atoms. The largest absolute Gasteiger partial charge is 0.255 e. The van der Waals surface area contributed by atoms with Crippen molar-refractivity contribution < 1.29 is 8.96 Å². The third-order valence-electron chi connectivity index (χ3n) is 3.66. The fraction of sp³-hybridized carbons (Fsp3) is 0.278. The number of aromatic nitrogens is 2. The highest BCUT2D eigenvalue weighted by atomic mass is 19.1. The van der Waals surface area contributed by atoms with Crippen molar-refractivity contribution in [3.8, 4) is 0 Å². The number of H-pyrrole nitrogens is 1. The summed E-state index contributed by atoms with van der Waals surface area (Å²) in [6.45, 7) is 5.19. The smallest absolute Gasteiger partial charge is 0.241 e. The third kappa shape index (κ3) is 2.97. The predicted molar refractivity (Wildman–Crippen MR) is 82.5 cm³/mol. The lowest BCUT2D eigenvalue weighted by Gasteiger charge is -2.04. The number of fused-ring (bicyclic) bond motifs is 1. The van der Waals surface area contributed by atoms with Gasteiger partial charge in [-0.3, -0.25) is 0 Å². The zero-order chi connectivity index (χ0) is 14.8. The van der Waals surface area contributed by atoms with Gasteiger partial charge in [-0.25, -0.2) is 13.9 Å². The van der Waals surface area contributed by atoms with Gasteiger partial charge in [-0.1, -0.05) is 38.1 Å². The number of hydrogen-bond acceptors (Lipinski definition) is 0. The average Bonchev–Trinajstić information content (AvgIpc) is 2.78. The summed E-state index contributed by atoms with van der Waals surface area (Å²) in [5.41, 5.74) is 3.45. The molecule has 0 fully saturated rings. The van der Waals surface area contributed by atoms with Crippen LogP contribution in [0, 0.1) is 11.7 Å². The molecular weight excluding hydrogens is 263 g/mol. The monoisotopic (exact) mass is 283 g/mol. The second kappa shape index (κ2) is 5.68. The molecule has 2 nitrogen and oxygen atoms in total. The molecule has 1 aromatic heterocycles. The van der Waals surface area contributed by atoms with E-state index in [-0.39, 0.29) is 5.82 Å². The number of benzene rings is 2. The molecule has 0 saturated heterocycles. The normalized spacial score (nSPS) is 11.4. The Kier molecular flexibility index (Phi) is 3.74. The quantitative estimate of drug-likeness (QED) is 0.702. The molecule has 0 saturated carbocycles. The van der Waals surface area contributed by atoms with Gasteiger partial charge in [0.1, 0.15) is 12.4 Å². The molecule has 0 atom stereocenters. The van der Waals surface area contributed by atoms with Crippen LogP contribution in [0.5, 0.6) is 0 Å². The Balaban J connectivity index is 2.03. The Morgan fingerprint density at radius 2 is 1.76 bits per heavy atom. The van der Waals surface area contributed by atoms with Gasteiger partial charge in [0.2, 0.25) is 0 Å². The van der Waals surface area contributed by atoms with E-state index < -0.39 is 0 Å². The van der Waals surface area contributed by atoms with Crippen LogP contribution in [0.15, 0.2) is 48.5 Å². The van der Waals surface area contributed by atoms with E-state index in [4.69, 9.17) is 0 Å². The van der Waals surface area contributed by atoms with Crippen molar-refractivity contribution in [3.63, 3.8) is 0 Å². The SMILES string of the molecule is CC(C)Cc1[nH]c2ccccc2[n+]1Cc1ccc(F)cc1. The fourth-order valence-electron chi connectivity index (χ4n) is 2.68. The molecule has 0 radical (unpaired) electrons. The first-order valence-electron chi connectivity index (χ1n) is 7.37. The molecule has 0 bridgehead atoms. The summed E-state index contributed by atoms with van der Waals surface area (Å²) < 4.78 is 15.4. The van der Waals surface area contributed by atoms with Gasteiger partial charge in [0.05, 0.1) is 6.42 Å². The summed E-state index contributed by atoms with van der Waals surface area (Å²) in [7, 11) is 0. The third-order valence-corrected chi connectivity index (χ3v) is 3.66. The van der Waals surface area contributed by atoms with Gasteiger partial charge < -0.3 is 0 Å². The van der Waals surface area contributed by atoms with Crippen molar-refractivity contribution in [2.24, 2.45) is 5.92 Å². The summed E-state index contributed by atoms with van der Waals surface area (Å²) in [6.07, 6.45) is 0.996. The number of nitrogens with one attached hydrogen (secondary N) is 1. The topological polar surface area (TPSA) is 19.7 Å². The first-order chi connectivity index (χ1) is 10.1. The molecule has 1 heterocycles. The van der Waals surface area contributed by atoms with Crippen LogP contribution in [-0.2, 0) is 13.0 Å². The van der Waals surface area contributed by atoms with E-state index in [1.165, 1.54) is 23.5 Å². The summed E-state index contributed by atoms with van der Waals surface area (Å²) >= 11 is 0. The molecular formula is C18H20FN2+. The van der Waals surface area contributed by atoms with Crippen LogP contribution in [0.2, 0.25) is 0 Å². The lowest BCUT2D eigenvalue weighted by Crippen LogP contribution is -2.38. The molecule has 0 unspecified atom stereocenters. The van der Waals surface area contributed by atoms with E-state index in [1.54, 1.807) is 0 Å². The minimum Gasteiger partial charge on any atom is -0.241 e. The van der Waals surface area contributed by atoms with Crippen molar-refractivity contribution in [1.29, 1.82) is 0 Å². The number of rotatable bonds is 4. The van der Waals surface area contributed by atoms with Crippen molar-refractivity contribution >= 4 is 11.0 Å². The minimum absolute atomic E-state index is 0.190. The molecule has 1 N–H and O–H groups in total. The van der Waals surface area contributed by atoms with Crippen LogP contribution >= 0.6 is 0 Å². The Morgan fingerprint density at radius 3 is 2.48 bits per heavy atom. The average molecular weight is 283 g/mol. The maximum absolute atomic E-state index is 13.1. The lowest BCUT2D eigenvalue weighted by atomic mass is 10.1. The molecule has 2 aromatic carbocycles. The highest BCUT2D eigenvalue weighted by Crippen LogP contribution is 2.13. The number of halogens is 1. The number of para-hydroxylation sites is 2. The van der Waals surface area contributed by atoms with E-state index in [0.717, 1.165) is 24.0 Å². The van der Waals surface area contributed by atoms with Crippen molar-refractivity contribution in [3.05, 3.63) is 65.7 Å². The second-order valence-corrected chi connectivity index (χ2v) is 5.90. The molecule has 0 aliphatic heterocycles. The van der Waals surface area contributed by atoms with E-state index >= 15 is 0 Å². The summed E-state index contributed by atoms with van der Waals surface area (Å²) in [6, 6.07) is 15.1. The van der Waals surface area contributed by atoms with Crippen LogP contribution in [-0.4, -0.2) is 4.98 Å². The Hall–Kier alpha value is -2.16. The Labute approximate surface area is 124 Å². The maximum Gasteiger partial charge on any atom is 0.255 e. The van der Waals surface area contributed by atoms with Gasteiger partial charge in [0.25, 0.3) is 5.82 Å².